The summed E-state index contributed by atoms with van der Waals surface area (Å²) in [7, 11) is 0. The maximum Gasteiger partial charge on any atom is 0.404 e. The van der Waals surface area contributed by atoms with Gasteiger partial charge < -0.3 is 5.73 Å². The van der Waals surface area contributed by atoms with Crippen LogP contribution in [0, 0.1) is 0 Å². The Morgan fingerprint density at radius 3 is 2.05 bits per heavy atom. The molecule has 0 spiro atoms. The summed E-state index contributed by atoms with van der Waals surface area (Å²) in [5.74, 6) is -4.42. The molecule has 1 aromatic carbocycles. The molecule has 2 nitrogen and oxygen atoms in total. The molecular weight excluding hydrogens is 276 g/mol. The van der Waals surface area contributed by atoms with E-state index in [-0.39, 0.29) is 5.56 Å². The number of carbonyl (C=O) groups excluding carboxylic acids is 1. The Balaban J connectivity index is 3.21. The molecule has 0 atom stereocenters. The molecule has 0 aliphatic carbocycles. The highest BCUT2D eigenvalue weighted by Gasteiger charge is 2.57. The van der Waals surface area contributed by atoms with Crippen molar-refractivity contribution < 1.29 is 31.1 Å². The zero-order valence-electron chi connectivity index (χ0n) is 9.35. The molecule has 0 unspecified atom stereocenters. The Morgan fingerprint density at radius 1 is 1.11 bits per heavy atom. The largest absolute Gasteiger partial charge is 0.404 e. The number of carbonyl (C=O) groups is 1. The lowest BCUT2D eigenvalue weighted by Crippen LogP contribution is -2.34. The van der Waals surface area contributed by atoms with E-state index < -0.39 is 36.2 Å². The second kappa shape index (κ2) is 5.10. The van der Waals surface area contributed by atoms with Gasteiger partial charge >= 0.3 is 12.4 Å². The molecule has 0 fully saturated rings. The topological polar surface area (TPSA) is 43.1 Å². The highest BCUT2D eigenvalue weighted by atomic mass is 19.4. The SMILES string of the molecule is NC(=O)Cc1cccc(C(C(F)(F)F)C(F)(F)F)c1. The molecule has 1 aromatic rings. The number of hydrogen-bond donors (Lipinski definition) is 1. The highest BCUT2D eigenvalue weighted by Crippen LogP contribution is 2.46. The number of nitrogens with two attached hydrogens (primary N) is 1. The maximum absolute atomic E-state index is 12.5. The zero-order chi connectivity index (χ0) is 14.8. The minimum Gasteiger partial charge on any atom is -0.369 e. The van der Waals surface area contributed by atoms with Gasteiger partial charge in [-0.1, -0.05) is 24.3 Å². The van der Waals surface area contributed by atoms with Crippen molar-refractivity contribution in [2.24, 2.45) is 5.73 Å². The Labute approximate surface area is 104 Å². The number of amides is 1. The summed E-state index contributed by atoms with van der Waals surface area (Å²) in [6, 6.07) is 3.67. The summed E-state index contributed by atoms with van der Waals surface area (Å²) < 4.78 is 74.9. The summed E-state index contributed by atoms with van der Waals surface area (Å²) >= 11 is 0. The minimum atomic E-state index is -5.45. The van der Waals surface area contributed by atoms with Crippen LogP contribution in [0.25, 0.3) is 0 Å². The van der Waals surface area contributed by atoms with Crippen LogP contribution in [-0.4, -0.2) is 18.3 Å². The van der Waals surface area contributed by atoms with Crippen LogP contribution in [0.4, 0.5) is 26.3 Å². The van der Waals surface area contributed by atoms with Crippen LogP contribution in [0.3, 0.4) is 0 Å². The molecule has 0 radical (unpaired) electrons. The molecule has 1 amide bonds. The number of benzene rings is 1. The number of rotatable bonds is 3. The van der Waals surface area contributed by atoms with Gasteiger partial charge in [-0.25, -0.2) is 0 Å². The molecular formula is C11H9F6NO. The Morgan fingerprint density at radius 2 is 1.63 bits per heavy atom. The molecule has 19 heavy (non-hydrogen) atoms. The third kappa shape index (κ3) is 4.15. The van der Waals surface area contributed by atoms with Gasteiger partial charge in [-0.05, 0) is 11.1 Å². The Hall–Kier alpha value is -1.73. The fraction of sp³-hybridized carbons (Fsp3) is 0.364. The van der Waals surface area contributed by atoms with Crippen LogP contribution in [0.15, 0.2) is 24.3 Å². The second-order valence-electron chi connectivity index (χ2n) is 3.90. The van der Waals surface area contributed by atoms with Crippen molar-refractivity contribution in [2.75, 3.05) is 0 Å². The van der Waals surface area contributed by atoms with Gasteiger partial charge in [0.15, 0.2) is 5.92 Å². The number of hydrogen-bond acceptors (Lipinski definition) is 1. The first kappa shape index (κ1) is 15.3. The lowest BCUT2D eigenvalue weighted by Gasteiger charge is -2.23. The van der Waals surface area contributed by atoms with Gasteiger partial charge in [0.1, 0.15) is 0 Å². The molecule has 0 heterocycles. The van der Waals surface area contributed by atoms with Crippen molar-refractivity contribution in [2.45, 2.75) is 24.7 Å². The van der Waals surface area contributed by atoms with E-state index in [1.54, 1.807) is 0 Å². The lowest BCUT2D eigenvalue weighted by atomic mass is 9.95. The molecule has 1 rings (SSSR count). The maximum atomic E-state index is 12.5. The molecule has 2 N–H and O–H groups in total. The Bertz CT molecular complexity index is 451. The molecule has 0 saturated heterocycles. The van der Waals surface area contributed by atoms with Gasteiger partial charge in [-0.2, -0.15) is 26.3 Å². The number of halogens is 6. The van der Waals surface area contributed by atoms with Crippen molar-refractivity contribution in [1.82, 2.24) is 0 Å². The predicted molar refractivity (Wildman–Crippen MR) is 54.2 cm³/mol. The third-order valence-corrected chi connectivity index (χ3v) is 2.32. The fourth-order valence-corrected chi connectivity index (χ4v) is 1.65. The zero-order valence-corrected chi connectivity index (χ0v) is 9.35. The molecule has 0 saturated carbocycles. The van der Waals surface area contributed by atoms with Gasteiger partial charge in [0.05, 0.1) is 6.42 Å². The van der Waals surface area contributed by atoms with E-state index in [0.29, 0.717) is 6.07 Å². The predicted octanol–water partition coefficient (Wildman–Crippen LogP) is 2.92. The van der Waals surface area contributed by atoms with E-state index in [4.69, 9.17) is 5.73 Å². The van der Waals surface area contributed by atoms with E-state index in [2.05, 4.69) is 0 Å². The van der Waals surface area contributed by atoms with E-state index in [9.17, 15) is 31.1 Å². The third-order valence-electron chi connectivity index (χ3n) is 2.32. The van der Waals surface area contributed by atoms with Crippen LogP contribution in [-0.2, 0) is 11.2 Å². The first-order chi connectivity index (χ1) is 8.51. The van der Waals surface area contributed by atoms with Gasteiger partial charge in [-0.15, -0.1) is 0 Å². The quantitative estimate of drug-likeness (QED) is 0.852. The second-order valence-corrected chi connectivity index (χ2v) is 3.90. The Kier molecular flexibility index (Phi) is 4.12. The van der Waals surface area contributed by atoms with Gasteiger partial charge in [0, 0.05) is 0 Å². The van der Waals surface area contributed by atoms with Gasteiger partial charge in [-0.3, -0.25) is 4.79 Å². The summed E-state index contributed by atoms with van der Waals surface area (Å²) in [6.07, 6.45) is -11.3. The monoisotopic (exact) mass is 285 g/mol. The first-order valence-corrected chi connectivity index (χ1v) is 5.02. The van der Waals surface area contributed by atoms with Crippen molar-refractivity contribution in [3.05, 3.63) is 35.4 Å². The van der Waals surface area contributed by atoms with Crippen molar-refractivity contribution >= 4 is 5.91 Å². The summed E-state index contributed by atoms with van der Waals surface area (Å²) in [4.78, 5) is 10.6. The molecule has 0 aliphatic heterocycles. The fourth-order valence-electron chi connectivity index (χ4n) is 1.65. The lowest BCUT2D eigenvalue weighted by molar-refractivity contribution is -0.253. The summed E-state index contributed by atoms with van der Waals surface area (Å²) in [5, 5.41) is 0. The molecule has 8 heteroatoms. The number of alkyl halides is 6. The average Bonchev–Trinajstić information content (AvgIpc) is 2.11. The van der Waals surface area contributed by atoms with Crippen molar-refractivity contribution in [1.29, 1.82) is 0 Å². The van der Waals surface area contributed by atoms with Crippen LogP contribution in [0.1, 0.15) is 17.0 Å². The summed E-state index contributed by atoms with van der Waals surface area (Å²) in [6.45, 7) is 0. The molecule has 0 aliphatic rings. The molecule has 106 valence electrons. The normalized spacial score (nSPS) is 12.8. The highest BCUT2D eigenvalue weighted by molar-refractivity contribution is 5.76. The van der Waals surface area contributed by atoms with E-state index in [1.165, 1.54) is 6.07 Å². The van der Waals surface area contributed by atoms with Crippen LogP contribution >= 0.6 is 0 Å². The van der Waals surface area contributed by atoms with E-state index >= 15 is 0 Å². The molecule has 0 aromatic heterocycles. The van der Waals surface area contributed by atoms with Crippen LogP contribution in [0.5, 0.6) is 0 Å². The van der Waals surface area contributed by atoms with Crippen LogP contribution < -0.4 is 5.73 Å². The smallest absolute Gasteiger partial charge is 0.369 e. The average molecular weight is 285 g/mol. The summed E-state index contributed by atoms with van der Waals surface area (Å²) in [5.41, 5.74) is 3.88. The first-order valence-electron chi connectivity index (χ1n) is 5.02. The van der Waals surface area contributed by atoms with Gasteiger partial charge in [0.2, 0.25) is 5.91 Å². The van der Waals surface area contributed by atoms with E-state index in [0.717, 1.165) is 12.1 Å². The van der Waals surface area contributed by atoms with E-state index in [1.807, 2.05) is 0 Å². The van der Waals surface area contributed by atoms with Crippen LogP contribution in [0.2, 0.25) is 0 Å². The number of primary amides is 1. The van der Waals surface area contributed by atoms with Crippen molar-refractivity contribution in [3.63, 3.8) is 0 Å². The standard InChI is InChI=1S/C11H9F6NO/c12-10(13,14)9(11(15,16)17)7-3-1-2-6(4-7)5-8(18)19/h1-4,9H,5H2,(H2,18,19). The van der Waals surface area contributed by atoms with Gasteiger partial charge in [0.25, 0.3) is 0 Å². The molecule has 0 bridgehead atoms. The van der Waals surface area contributed by atoms with Crippen molar-refractivity contribution in [3.8, 4) is 0 Å². The minimum absolute atomic E-state index is 0.00324.